The van der Waals surface area contributed by atoms with E-state index in [2.05, 4.69) is 40.7 Å². The molecule has 0 spiro atoms. The predicted octanol–water partition coefficient (Wildman–Crippen LogP) is 3.41. The molecule has 0 nitrogen and oxygen atoms in total. The number of hydrogen-bond acceptors (Lipinski definition) is 0. The Balaban J connectivity index is -0.000000333. The molecule has 0 aromatic carbocycles. The molecule has 0 aliphatic heterocycles. The van der Waals surface area contributed by atoms with Crippen molar-refractivity contribution in [2.75, 3.05) is 0 Å². The average Bonchev–Trinajstić information content (AvgIpc) is 1.95. The molecule has 1 aliphatic rings. The molecular weight excluding hydrogens is 350 g/mol. The van der Waals surface area contributed by atoms with Crippen LogP contribution in [0.3, 0.4) is 0 Å². The maximum absolute atomic E-state index is 3.44. The summed E-state index contributed by atoms with van der Waals surface area (Å²) in [7, 11) is 0. The molecule has 0 unspecified atom stereocenters. The second-order valence-electron chi connectivity index (χ2n) is 3.62. The van der Waals surface area contributed by atoms with E-state index in [4.69, 9.17) is 0 Å². The fourth-order valence-electron chi connectivity index (χ4n) is 1.41. The first-order valence-electron chi connectivity index (χ1n) is 3.75. The van der Waals surface area contributed by atoms with E-state index in [1.165, 1.54) is 16.7 Å². The molecular formula is C10H17F2Ir-. The summed E-state index contributed by atoms with van der Waals surface area (Å²) in [5, 5.41) is 0. The molecule has 1 aliphatic carbocycles. The maximum Gasteiger partial charge on any atom is 0 e. The minimum atomic E-state index is 0. The van der Waals surface area contributed by atoms with Crippen LogP contribution < -0.4 is 0 Å². The van der Waals surface area contributed by atoms with Gasteiger partial charge in [0.1, 0.15) is 0 Å². The summed E-state index contributed by atoms with van der Waals surface area (Å²) in [6.45, 7) is 10.9. The third kappa shape index (κ3) is 3.32. The standard InChI is InChI=1S/C10H15.2FH.Ir/c1-7-6-10(4,5)9(3)8(7)2;;;/h1-5H3;2*1H;/q-1;;;. The Labute approximate surface area is 92.6 Å². The number of rotatable bonds is 0. The van der Waals surface area contributed by atoms with Gasteiger partial charge in [-0.2, -0.15) is 11.1 Å². The van der Waals surface area contributed by atoms with E-state index in [1.54, 1.807) is 0 Å². The van der Waals surface area contributed by atoms with E-state index in [-0.39, 0.29) is 34.9 Å². The smallest absolute Gasteiger partial charge is 0 e. The van der Waals surface area contributed by atoms with Gasteiger partial charge in [-0.05, 0) is 0 Å². The van der Waals surface area contributed by atoms with E-state index in [0.29, 0.717) is 0 Å². The first-order valence-corrected chi connectivity index (χ1v) is 3.75. The molecule has 0 saturated heterocycles. The predicted molar refractivity (Wildman–Crippen MR) is 49.6 cm³/mol. The van der Waals surface area contributed by atoms with Crippen LogP contribution in [0, 0.1) is 11.5 Å². The molecule has 0 aromatic rings. The molecule has 0 bridgehead atoms. The maximum atomic E-state index is 3.44. The molecule has 0 saturated carbocycles. The van der Waals surface area contributed by atoms with E-state index < -0.39 is 0 Å². The van der Waals surface area contributed by atoms with Crippen molar-refractivity contribution >= 4 is 0 Å². The van der Waals surface area contributed by atoms with Crippen molar-refractivity contribution in [3.8, 4) is 0 Å². The van der Waals surface area contributed by atoms with Crippen LogP contribution in [0.15, 0.2) is 16.7 Å². The summed E-state index contributed by atoms with van der Waals surface area (Å²) in [4.78, 5) is 0. The summed E-state index contributed by atoms with van der Waals surface area (Å²) in [6.07, 6.45) is 3.44. The van der Waals surface area contributed by atoms with Crippen molar-refractivity contribution in [1.82, 2.24) is 0 Å². The molecule has 0 fully saturated rings. The van der Waals surface area contributed by atoms with Crippen LogP contribution in [-0.4, -0.2) is 0 Å². The molecule has 13 heavy (non-hydrogen) atoms. The fourth-order valence-corrected chi connectivity index (χ4v) is 1.41. The van der Waals surface area contributed by atoms with Crippen molar-refractivity contribution in [2.45, 2.75) is 34.6 Å². The molecule has 1 radical (unpaired) electrons. The first kappa shape index (κ1) is 18.7. The van der Waals surface area contributed by atoms with E-state index in [0.717, 1.165) is 0 Å². The van der Waals surface area contributed by atoms with Crippen LogP contribution in [-0.2, 0) is 20.1 Å². The van der Waals surface area contributed by atoms with Crippen LogP contribution in [0.5, 0.6) is 0 Å². The van der Waals surface area contributed by atoms with Gasteiger partial charge in [-0.15, -0.1) is 6.92 Å². The van der Waals surface area contributed by atoms with Crippen LogP contribution >= 0.6 is 0 Å². The van der Waals surface area contributed by atoms with Crippen molar-refractivity contribution in [2.24, 2.45) is 5.41 Å². The van der Waals surface area contributed by atoms with Crippen molar-refractivity contribution < 1.29 is 29.5 Å². The minimum absolute atomic E-state index is 0. The number of allylic oxidation sites excluding steroid dienone is 4. The van der Waals surface area contributed by atoms with Gasteiger partial charge in [0.25, 0.3) is 0 Å². The third-order valence-corrected chi connectivity index (χ3v) is 2.56. The van der Waals surface area contributed by atoms with E-state index in [1.807, 2.05) is 0 Å². The van der Waals surface area contributed by atoms with E-state index >= 15 is 0 Å². The van der Waals surface area contributed by atoms with Gasteiger partial charge in [0.05, 0.1) is 0 Å². The summed E-state index contributed by atoms with van der Waals surface area (Å²) in [6, 6.07) is 0. The van der Waals surface area contributed by atoms with Gasteiger partial charge in [-0.3, -0.25) is 15.5 Å². The molecule has 0 N–H and O–H groups in total. The summed E-state index contributed by atoms with van der Waals surface area (Å²) < 4.78 is 0. The normalized spacial score (nSPS) is 18.1. The zero-order valence-corrected chi connectivity index (χ0v) is 11.0. The largest absolute Gasteiger partial charge is 0.269 e. The van der Waals surface area contributed by atoms with Gasteiger partial charge in [-0.25, -0.2) is 5.57 Å². The molecule has 3 heteroatoms. The Hall–Kier alpha value is -0.0106. The molecule has 0 atom stereocenters. The molecule has 1 rings (SSSR count). The van der Waals surface area contributed by atoms with Crippen molar-refractivity contribution in [3.63, 3.8) is 0 Å². The fraction of sp³-hybridized carbons (Fsp3) is 0.600. The molecule has 0 heterocycles. The number of halogens is 2. The molecule has 0 aromatic heterocycles. The molecule has 81 valence electrons. The average molecular weight is 367 g/mol. The minimum Gasteiger partial charge on any atom is -0.269 e. The second-order valence-corrected chi connectivity index (χ2v) is 3.62. The van der Waals surface area contributed by atoms with E-state index in [9.17, 15) is 0 Å². The Morgan fingerprint density at radius 3 is 1.46 bits per heavy atom. The van der Waals surface area contributed by atoms with Crippen LogP contribution in [0.1, 0.15) is 34.6 Å². The van der Waals surface area contributed by atoms with Crippen LogP contribution in [0.25, 0.3) is 0 Å². The molecule has 0 amide bonds. The van der Waals surface area contributed by atoms with Gasteiger partial charge in [0, 0.05) is 20.1 Å². The Kier molecular flexibility index (Phi) is 8.15. The summed E-state index contributed by atoms with van der Waals surface area (Å²) in [5.41, 5.74) is 4.39. The Morgan fingerprint density at radius 1 is 1.00 bits per heavy atom. The zero-order valence-electron chi connectivity index (χ0n) is 8.65. The summed E-state index contributed by atoms with van der Waals surface area (Å²) >= 11 is 0. The van der Waals surface area contributed by atoms with Gasteiger partial charge in [0.15, 0.2) is 0 Å². The van der Waals surface area contributed by atoms with Crippen LogP contribution in [0.2, 0.25) is 0 Å². The quantitative estimate of drug-likeness (QED) is 0.576. The van der Waals surface area contributed by atoms with Gasteiger partial charge < -0.3 is 0 Å². The number of hydrogen-bond donors (Lipinski definition) is 0. The monoisotopic (exact) mass is 368 g/mol. The SMILES string of the molecule is CC1=[C-]C(C)(C)C(C)=C1C.F.F.[Ir]. The third-order valence-electron chi connectivity index (χ3n) is 2.56. The zero-order chi connectivity index (χ0) is 7.94. The van der Waals surface area contributed by atoms with Gasteiger partial charge in [-0.1, -0.05) is 33.1 Å². The van der Waals surface area contributed by atoms with Gasteiger partial charge >= 0.3 is 0 Å². The van der Waals surface area contributed by atoms with Crippen LogP contribution in [0.4, 0.5) is 9.41 Å². The van der Waals surface area contributed by atoms with Crippen molar-refractivity contribution in [3.05, 3.63) is 22.8 Å². The summed E-state index contributed by atoms with van der Waals surface area (Å²) in [5.74, 6) is 0. The second kappa shape index (κ2) is 5.66. The Morgan fingerprint density at radius 2 is 1.38 bits per heavy atom. The first-order chi connectivity index (χ1) is 4.45. The topological polar surface area (TPSA) is 0 Å². The van der Waals surface area contributed by atoms with Crippen molar-refractivity contribution in [1.29, 1.82) is 0 Å². The van der Waals surface area contributed by atoms with Gasteiger partial charge in [0.2, 0.25) is 0 Å². The Bertz CT molecular complexity index is 227.